The molecule has 2 unspecified atom stereocenters. The third-order valence-electron chi connectivity index (χ3n) is 4.23. The summed E-state index contributed by atoms with van der Waals surface area (Å²) in [6.45, 7) is 6.90. The van der Waals surface area contributed by atoms with Crippen molar-refractivity contribution in [3.8, 4) is 0 Å². The van der Waals surface area contributed by atoms with Crippen molar-refractivity contribution >= 4 is 0 Å². The smallest absolute Gasteiger partial charge is 0.0222 e. The second-order valence-electron chi connectivity index (χ2n) is 5.15. The monoisotopic (exact) mass is 211 g/mol. The van der Waals surface area contributed by atoms with E-state index in [4.69, 9.17) is 5.73 Å². The summed E-state index contributed by atoms with van der Waals surface area (Å²) in [5.74, 6) is 0.787. The molecule has 1 aliphatic carbocycles. The average molecular weight is 211 g/mol. The highest BCUT2D eigenvalue weighted by molar-refractivity contribution is 4.88. The minimum absolute atomic E-state index is 0.394. The van der Waals surface area contributed by atoms with Crippen molar-refractivity contribution in [2.45, 2.75) is 44.7 Å². The lowest BCUT2D eigenvalue weighted by atomic mass is 9.92. The third kappa shape index (κ3) is 2.71. The maximum atomic E-state index is 6.39. The molecule has 0 radical (unpaired) electrons. The molecule has 3 heteroatoms. The molecule has 1 saturated heterocycles. The Kier molecular flexibility index (Phi) is 4.00. The molecule has 1 aliphatic heterocycles. The molecule has 3 nitrogen and oxygen atoms in total. The quantitative estimate of drug-likeness (QED) is 0.725. The summed E-state index contributed by atoms with van der Waals surface area (Å²) < 4.78 is 0. The number of rotatable bonds is 3. The highest BCUT2D eigenvalue weighted by Crippen LogP contribution is 2.29. The molecular weight excluding hydrogens is 186 g/mol. The summed E-state index contributed by atoms with van der Waals surface area (Å²) in [5.41, 5.74) is 6.39. The number of nitrogens with zero attached hydrogens (tertiary/aromatic N) is 1. The molecule has 2 fully saturated rings. The van der Waals surface area contributed by atoms with Crippen molar-refractivity contribution < 1.29 is 0 Å². The van der Waals surface area contributed by atoms with Crippen LogP contribution in [0.25, 0.3) is 0 Å². The largest absolute Gasteiger partial charge is 0.326 e. The maximum Gasteiger partial charge on any atom is 0.0222 e. The Morgan fingerprint density at radius 3 is 2.40 bits per heavy atom. The molecule has 0 aromatic rings. The van der Waals surface area contributed by atoms with Crippen LogP contribution < -0.4 is 11.1 Å². The molecule has 15 heavy (non-hydrogen) atoms. The van der Waals surface area contributed by atoms with E-state index < -0.39 is 0 Å². The van der Waals surface area contributed by atoms with Crippen molar-refractivity contribution in [2.24, 2.45) is 11.7 Å². The van der Waals surface area contributed by atoms with Crippen LogP contribution >= 0.6 is 0 Å². The van der Waals surface area contributed by atoms with Gasteiger partial charge in [0, 0.05) is 38.3 Å². The summed E-state index contributed by atoms with van der Waals surface area (Å²) in [4.78, 5) is 2.56. The Hall–Kier alpha value is -0.120. The predicted molar refractivity (Wildman–Crippen MR) is 63.8 cm³/mol. The minimum atomic E-state index is 0.394. The van der Waals surface area contributed by atoms with Gasteiger partial charge in [0.2, 0.25) is 0 Å². The van der Waals surface area contributed by atoms with E-state index in [1.54, 1.807) is 0 Å². The first-order chi connectivity index (χ1) is 7.29. The first kappa shape index (κ1) is 11.4. The summed E-state index contributed by atoms with van der Waals surface area (Å²) in [6, 6.07) is 0.959. The second kappa shape index (κ2) is 5.28. The molecule has 3 N–H and O–H groups in total. The number of piperazine rings is 1. The van der Waals surface area contributed by atoms with E-state index in [1.807, 2.05) is 0 Å². The highest BCUT2D eigenvalue weighted by atomic mass is 15.2. The summed E-state index contributed by atoms with van der Waals surface area (Å²) >= 11 is 0. The van der Waals surface area contributed by atoms with Gasteiger partial charge < -0.3 is 11.1 Å². The van der Waals surface area contributed by atoms with Crippen LogP contribution in [0.5, 0.6) is 0 Å². The Labute approximate surface area is 93.4 Å². The maximum absolute atomic E-state index is 6.39. The molecule has 0 bridgehead atoms. The fraction of sp³-hybridized carbons (Fsp3) is 1.00. The fourth-order valence-electron chi connectivity index (χ4n) is 3.07. The molecule has 0 aromatic carbocycles. The van der Waals surface area contributed by atoms with E-state index in [0.717, 1.165) is 19.0 Å². The van der Waals surface area contributed by atoms with Gasteiger partial charge in [-0.05, 0) is 25.7 Å². The first-order valence-corrected chi connectivity index (χ1v) is 6.49. The molecule has 1 heterocycles. The fourth-order valence-corrected chi connectivity index (χ4v) is 3.07. The van der Waals surface area contributed by atoms with Crippen LogP contribution in [0.15, 0.2) is 0 Å². The number of hydrogen-bond acceptors (Lipinski definition) is 3. The lowest BCUT2D eigenvalue weighted by Gasteiger charge is -2.38. The lowest BCUT2D eigenvalue weighted by Crippen LogP contribution is -2.55. The zero-order valence-electron chi connectivity index (χ0n) is 9.91. The predicted octanol–water partition coefficient (Wildman–Crippen LogP) is 0.798. The van der Waals surface area contributed by atoms with Gasteiger partial charge in [-0.1, -0.05) is 12.8 Å². The second-order valence-corrected chi connectivity index (χ2v) is 5.15. The van der Waals surface area contributed by atoms with E-state index in [0.29, 0.717) is 12.1 Å². The van der Waals surface area contributed by atoms with Crippen LogP contribution in [0.1, 0.15) is 32.6 Å². The van der Waals surface area contributed by atoms with Gasteiger partial charge in [0.05, 0.1) is 0 Å². The highest BCUT2D eigenvalue weighted by Gasteiger charge is 2.29. The van der Waals surface area contributed by atoms with Gasteiger partial charge in [-0.15, -0.1) is 0 Å². The SMILES string of the molecule is CC(C(N)C1CCCC1)N1CCNCC1. The van der Waals surface area contributed by atoms with E-state index in [9.17, 15) is 0 Å². The van der Waals surface area contributed by atoms with E-state index in [1.165, 1.54) is 38.8 Å². The molecule has 0 spiro atoms. The molecular formula is C12H25N3. The number of hydrogen-bond donors (Lipinski definition) is 2. The first-order valence-electron chi connectivity index (χ1n) is 6.49. The lowest BCUT2D eigenvalue weighted by molar-refractivity contribution is 0.142. The summed E-state index contributed by atoms with van der Waals surface area (Å²) in [6.07, 6.45) is 5.51. The Morgan fingerprint density at radius 2 is 1.80 bits per heavy atom. The zero-order valence-corrected chi connectivity index (χ0v) is 9.91. The molecule has 0 aromatic heterocycles. The summed E-state index contributed by atoms with van der Waals surface area (Å²) in [7, 11) is 0. The molecule has 2 atom stereocenters. The van der Waals surface area contributed by atoms with Crippen LogP contribution in [-0.4, -0.2) is 43.2 Å². The van der Waals surface area contributed by atoms with Gasteiger partial charge in [0.15, 0.2) is 0 Å². The van der Waals surface area contributed by atoms with Gasteiger partial charge in [-0.25, -0.2) is 0 Å². The van der Waals surface area contributed by atoms with E-state index >= 15 is 0 Å². The van der Waals surface area contributed by atoms with E-state index in [-0.39, 0.29) is 0 Å². The zero-order chi connectivity index (χ0) is 10.7. The Bertz CT molecular complexity index is 183. The minimum Gasteiger partial charge on any atom is -0.326 e. The van der Waals surface area contributed by atoms with Crippen molar-refractivity contribution in [1.82, 2.24) is 10.2 Å². The van der Waals surface area contributed by atoms with Crippen LogP contribution in [0, 0.1) is 5.92 Å². The standard InChI is InChI=1S/C12H25N3/c1-10(15-8-6-14-7-9-15)12(13)11-4-2-3-5-11/h10-12,14H,2-9,13H2,1H3. The third-order valence-corrected chi connectivity index (χ3v) is 4.23. The van der Waals surface area contributed by atoms with Gasteiger partial charge in [-0.3, -0.25) is 4.90 Å². The molecule has 1 saturated carbocycles. The van der Waals surface area contributed by atoms with Gasteiger partial charge in [0.25, 0.3) is 0 Å². The van der Waals surface area contributed by atoms with Crippen LogP contribution in [0.2, 0.25) is 0 Å². The number of nitrogens with one attached hydrogen (secondary N) is 1. The normalized spacial score (nSPS) is 29.2. The summed E-state index contributed by atoms with van der Waals surface area (Å²) in [5, 5.41) is 3.40. The van der Waals surface area contributed by atoms with Crippen LogP contribution in [-0.2, 0) is 0 Å². The average Bonchev–Trinajstić information content (AvgIpc) is 2.82. The Morgan fingerprint density at radius 1 is 1.20 bits per heavy atom. The molecule has 88 valence electrons. The van der Waals surface area contributed by atoms with Gasteiger partial charge in [-0.2, -0.15) is 0 Å². The topological polar surface area (TPSA) is 41.3 Å². The van der Waals surface area contributed by atoms with Crippen LogP contribution in [0.4, 0.5) is 0 Å². The van der Waals surface area contributed by atoms with Gasteiger partial charge in [0.1, 0.15) is 0 Å². The number of nitrogens with two attached hydrogens (primary N) is 1. The van der Waals surface area contributed by atoms with Crippen molar-refractivity contribution in [3.63, 3.8) is 0 Å². The van der Waals surface area contributed by atoms with E-state index in [2.05, 4.69) is 17.1 Å². The van der Waals surface area contributed by atoms with Gasteiger partial charge >= 0.3 is 0 Å². The molecule has 2 rings (SSSR count). The van der Waals surface area contributed by atoms with Crippen molar-refractivity contribution in [1.29, 1.82) is 0 Å². The molecule has 2 aliphatic rings. The van der Waals surface area contributed by atoms with Crippen molar-refractivity contribution in [2.75, 3.05) is 26.2 Å². The van der Waals surface area contributed by atoms with Crippen LogP contribution in [0.3, 0.4) is 0 Å². The van der Waals surface area contributed by atoms with Crippen molar-refractivity contribution in [3.05, 3.63) is 0 Å². The Balaban J connectivity index is 1.84. The molecule has 0 amide bonds.